The summed E-state index contributed by atoms with van der Waals surface area (Å²) in [5, 5.41) is 2.93. The SMILES string of the molecule is COc1ccc(CN2CCC(CNC(=O)c3cc(S(=O)(=O)N4CCCC4)c(C)o3)CC2)cc1. The third kappa shape index (κ3) is 5.59. The summed E-state index contributed by atoms with van der Waals surface area (Å²) in [7, 11) is -1.94. The van der Waals surface area contributed by atoms with Gasteiger partial charge in [0.2, 0.25) is 10.0 Å². The first kappa shape index (κ1) is 23.8. The molecule has 1 aromatic heterocycles. The molecule has 0 aliphatic carbocycles. The first-order valence-electron chi connectivity index (χ1n) is 11.6. The largest absolute Gasteiger partial charge is 0.497 e. The number of carbonyl (C=O) groups excluding carboxylic acids is 1. The van der Waals surface area contributed by atoms with Crippen molar-refractivity contribution in [3.05, 3.63) is 47.4 Å². The van der Waals surface area contributed by atoms with Gasteiger partial charge in [-0.25, -0.2) is 8.42 Å². The molecule has 33 heavy (non-hydrogen) atoms. The maximum atomic E-state index is 12.8. The van der Waals surface area contributed by atoms with Crippen LogP contribution in [-0.4, -0.2) is 63.4 Å². The number of carbonyl (C=O) groups is 1. The van der Waals surface area contributed by atoms with Crippen LogP contribution >= 0.6 is 0 Å². The lowest BCUT2D eigenvalue weighted by molar-refractivity contribution is 0.0906. The molecule has 1 N–H and O–H groups in total. The highest BCUT2D eigenvalue weighted by atomic mass is 32.2. The van der Waals surface area contributed by atoms with Crippen LogP contribution in [0.1, 0.15) is 47.6 Å². The second-order valence-corrected chi connectivity index (χ2v) is 10.8. The number of amides is 1. The number of nitrogens with zero attached hydrogens (tertiary/aromatic N) is 2. The zero-order chi connectivity index (χ0) is 23.4. The number of sulfonamides is 1. The van der Waals surface area contributed by atoms with Crippen molar-refractivity contribution in [2.45, 2.75) is 44.0 Å². The Morgan fingerprint density at radius 1 is 1.12 bits per heavy atom. The van der Waals surface area contributed by atoms with Gasteiger partial charge in [0.1, 0.15) is 16.4 Å². The number of furan rings is 1. The van der Waals surface area contributed by atoms with Crippen molar-refractivity contribution in [1.29, 1.82) is 0 Å². The number of rotatable bonds is 8. The molecule has 2 fully saturated rings. The van der Waals surface area contributed by atoms with Gasteiger partial charge in [0, 0.05) is 32.2 Å². The minimum absolute atomic E-state index is 0.0576. The van der Waals surface area contributed by atoms with Crippen LogP contribution in [0, 0.1) is 12.8 Å². The summed E-state index contributed by atoms with van der Waals surface area (Å²) in [5.41, 5.74) is 1.26. The maximum absolute atomic E-state index is 12.8. The third-order valence-electron chi connectivity index (χ3n) is 6.60. The molecule has 1 aromatic carbocycles. The Kier molecular flexibility index (Phi) is 7.41. The smallest absolute Gasteiger partial charge is 0.287 e. The molecule has 8 nitrogen and oxygen atoms in total. The predicted octanol–water partition coefficient (Wildman–Crippen LogP) is 3.02. The van der Waals surface area contributed by atoms with E-state index in [-0.39, 0.29) is 22.3 Å². The zero-order valence-corrected chi connectivity index (χ0v) is 20.2. The Morgan fingerprint density at radius 3 is 2.42 bits per heavy atom. The average Bonchev–Trinajstić information content (AvgIpc) is 3.50. The van der Waals surface area contributed by atoms with Gasteiger partial charge in [0.15, 0.2) is 5.76 Å². The van der Waals surface area contributed by atoms with Crippen LogP contribution in [0.5, 0.6) is 5.75 Å². The second-order valence-electron chi connectivity index (χ2n) is 8.92. The van der Waals surface area contributed by atoms with Gasteiger partial charge >= 0.3 is 0 Å². The summed E-state index contributed by atoms with van der Waals surface area (Å²) in [6, 6.07) is 9.52. The molecular formula is C24H33N3O5S. The van der Waals surface area contributed by atoms with Crippen LogP contribution in [0.25, 0.3) is 0 Å². The standard InChI is InChI=1S/C24H33N3O5S/c1-18-23(33(29,30)27-11-3-4-12-27)15-22(32-18)24(28)25-16-19-9-13-26(14-10-19)17-20-5-7-21(31-2)8-6-20/h5-8,15,19H,3-4,9-14,16-17H2,1-2H3,(H,25,28). The van der Waals surface area contributed by atoms with Crippen LogP contribution in [0.3, 0.4) is 0 Å². The Bertz CT molecular complexity index is 1050. The molecule has 0 spiro atoms. The molecule has 0 radical (unpaired) electrons. The van der Waals surface area contributed by atoms with E-state index >= 15 is 0 Å². The first-order valence-corrected chi connectivity index (χ1v) is 13.0. The minimum Gasteiger partial charge on any atom is -0.497 e. The van der Waals surface area contributed by atoms with Crippen molar-refractivity contribution in [3.8, 4) is 5.75 Å². The number of benzene rings is 1. The van der Waals surface area contributed by atoms with Crippen molar-refractivity contribution < 1.29 is 22.4 Å². The first-order chi connectivity index (χ1) is 15.9. The molecule has 9 heteroatoms. The zero-order valence-electron chi connectivity index (χ0n) is 19.4. The maximum Gasteiger partial charge on any atom is 0.287 e. The van der Waals surface area contributed by atoms with Gasteiger partial charge in [0.25, 0.3) is 5.91 Å². The van der Waals surface area contributed by atoms with Gasteiger partial charge < -0.3 is 14.5 Å². The van der Waals surface area contributed by atoms with Gasteiger partial charge in [-0.3, -0.25) is 9.69 Å². The summed E-state index contributed by atoms with van der Waals surface area (Å²) in [6.45, 7) is 6.05. The molecule has 0 saturated carbocycles. The van der Waals surface area contributed by atoms with Crippen molar-refractivity contribution in [1.82, 2.24) is 14.5 Å². The number of piperidine rings is 1. The van der Waals surface area contributed by atoms with Crippen LogP contribution in [0.2, 0.25) is 0 Å². The minimum atomic E-state index is -3.61. The average molecular weight is 476 g/mol. The summed E-state index contributed by atoms with van der Waals surface area (Å²) in [6.07, 6.45) is 3.73. The summed E-state index contributed by atoms with van der Waals surface area (Å²) in [5.74, 6) is 1.22. The monoisotopic (exact) mass is 475 g/mol. The summed E-state index contributed by atoms with van der Waals surface area (Å²) >= 11 is 0. The van der Waals surface area contributed by atoms with Gasteiger partial charge in [-0.2, -0.15) is 4.31 Å². The number of ether oxygens (including phenoxy) is 1. The molecule has 2 aromatic rings. The number of nitrogens with one attached hydrogen (secondary N) is 1. The van der Waals surface area contributed by atoms with E-state index in [0.29, 0.717) is 25.6 Å². The fourth-order valence-electron chi connectivity index (χ4n) is 4.56. The van der Waals surface area contributed by atoms with Crippen molar-refractivity contribution in [2.24, 2.45) is 5.92 Å². The molecule has 3 heterocycles. The van der Waals surface area contributed by atoms with E-state index in [2.05, 4.69) is 22.3 Å². The van der Waals surface area contributed by atoms with Crippen LogP contribution in [-0.2, 0) is 16.6 Å². The van der Waals surface area contributed by atoms with E-state index in [1.807, 2.05) is 12.1 Å². The van der Waals surface area contributed by atoms with Crippen LogP contribution < -0.4 is 10.1 Å². The fourth-order valence-corrected chi connectivity index (χ4v) is 6.24. The van der Waals surface area contributed by atoms with E-state index in [0.717, 1.165) is 51.1 Å². The lowest BCUT2D eigenvalue weighted by Crippen LogP contribution is -2.38. The highest BCUT2D eigenvalue weighted by Crippen LogP contribution is 2.26. The van der Waals surface area contributed by atoms with E-state index in [1.165, 1.54) is 15.9 Å². The van der Waals surface area contributed by atoms with Crippen LogP contribution in [0.4, 0.5) is 0 Å². The molecule has 1 amide bonds. The molecule has 180 valence electrons. The van der Waals surface area contributed by atoms with Crippen molar-refractivity contribution >= 4 is 15.9 Å². The molecule has 0 atom stereocenters. The van der Waals surface area contributed by atoms with E-state index in [1.54, 1.807) is 14.0 Å². The normalized spacial score (nSPS) is 18.5. The molecule has 2 saturated heterocycles. The highest BCUT2D eigenvalue weighted by molar-refractivity contribution is 7.89. The number of hydrogen-bond donors (Lipinski definition) is 1. The van der Waals surface area contributed by atoms with E-state index in [9.17, 15) is 13.2 Å². The fraction of sp³-hybridized carbons (Fsp3) is 0.542. The van der Waals surface area contributed by atoms with Gasteiger partial charge in [-0.05, 0) is 69.3 Å². The van der Waals surface area contributed by atoms with E-state index < -0.39 is 10.0 Å². The Labute approximate surface area is 195 Å². The molecule has 0 unspecified atom stereocenters. The Morgan fingerprint density at radius 2 is 1.79 bits per heavy atom. The predicted molar refractivity (Wildman–Crippen MR) is 125 cm³/mol. The number of aryl methyl sites for hydroxylation is 1. The molecule has 2 aliphatic heterocycles. The van der Waals surface area contributed by atoms with Crippen molar-refractivity contribution in [2.75, 3.05) is 39.8 Å². The van der Waals surface area contributed by atoms with Gasteiger partial charge in [0.05, 0.1) is 7.11 Å². The second kappa shape index (κ2) is 10.3. The quantitative estimate of drug-likeness (QED) is 0.631. The lowest BCUT2D eigenvalue weighted by Gasteiger charge is -2.32. The Hall–Kier alpha value is -2.36. The van der Waals surface area contributed by atoms with Crippen LogP contribution in [0.15, 0.2) is 39.6 Å². The van der Waals surface area contributed by atoms with Crippen molar-refractivity contribution in [3.63, 3.8) is 0 Å². The summed E-state index contributed by atoms with van der Waals surface area (Å²) in [4.78, 5) is 15.1. The lowest BCUT2D eigenvalue weighted by atomic mass is 9.96. The summed E-state index contributed by atoms with van der Waals surface area (Å²) < 4.78 is 37.8. The molecule has 4 rings (SSSR count). The number of likely N-dealkylation sites (tertiary alicyclic amines) is 1. The third-order valence-corrected chi connectivity index (χ3v) is 8.61. The van der Waals surface area contributed by atoms with Gasteiger partial charge in [-0.15, -0.1) is 0 Å². The number of methoxy groups -OCH3 is 1. The highest BCUT2D eigenvalue weighted by Gasteiger charge is 2.32. The topological polar surface area (TPSA) is 92.1 Å². The van der Waals surface area contributed by atoms with Gasteiger partial charge in [-0.1, -0.05) is 12.1 Å². The number of hydrogen-bond acceptors (Lipinski definition) is 6. The van der Waals surface area contributed by atoms with E-state index in [4.69, 9.17) is 9.15 Å². The molecule has 0 bridgehead atoms. The Balaban J connectivity index is 1.26. The molecular weight excluding hydrogens is 442 g/mol. The molecule has 2 aliphatic rings.